The molecule has 0 aliphatic rings. The highest BCUT2D eigenvalue weighted by molar-refractivity contribution is 6.04. The van der Waals surface area contributed by atoms with Crippen LogP contribution in [0, 0.1) is 6.92 Å². The number of anilines is 1. The number of carbonyl (C=O) groups is 1. The molecule has 0 aliphatic carbocycles. The van der Waals surface area contributed by atoms with Crippen LogP contribution in [0.2, 0.25) is 0 Å². The van der Waals surface area contributed by atoms with Crippen LogP contribution in [0.3, 0.4) is 0 Å². The number of nitrogens with one attached hydrogen (secondary N) is 1. The number of nitrogens with zero attached hydrogens (tertiary/aromatic N) is 4. The van der Waals surface area contributed by atoms with Crippen molar-refractivity contribution < 1.29 is 4.79 Å². The van der Waals surface area contributed by atoms with Gasteiger partial charge in [0.25, 0.3) is 5.95 Å². The van der Waals surface area contributed by atoms with Gasteiger partial charge in [0, 0.05) is 18.9 Å². The van der Waals surface area contributed by atoms with E-state index in [1.165, 1.54) is 0 Å². The Balaban J connectivity index is 1.56. The number of benzene rings is 2. The van der Waals surface area contributed by atoms with E-state index in [9.17, 15) is 4.79 Å². The van der Waals surface area contributed by atoms with Crippen LogP contribution >= 0.6 is 0 Å². The van der Waals surface area contributed by atoms with Gasteiger partial charge in [-0.15, -0.1) is 10.2 Å². The normalized spacial score (nSPS) is 11.2. The fraction of sp³-hybridized carbons (Fsp3) is 0.200. The zero-order valence-corrected chi connectivity index (χ0v) is 14.7. The molecule has 2 heterocycles. The fourth-order valence-corrected chi connectivity index (χ4v) is 3.11. The number of hydrogen-bond acceptors (Lipinski definition) is 4. The third-order valence-electron chi connectivity index (χ3n) is 4.49. The lowest BCUT2D eigenvalue weighted by molar-refractivity contribution is -0.116. The predicted molar refractivity (Wildman–Crippen MR) is 102 cm³/mol. The molecule has 0 atom stereocenters. The maximum atomic E-state index is 12.2. The van der Waals surface area contributed by atoms with Crippen molar-refractivity contribution >= 4 is 33.9 Å². The summed E-state index contributed by atoms with van der Waals surface area (Å²) in [6.07, 6.45) is 1.05. The lowest BCUT2D eigenvalue weighted by Crippen LogP contribution is -2.15. The summed E-state index contributed by atoms with van der Waals surface area (Å²) >= 11 is 0. The van der Waals surface area contributed by atoms with Crippen LogP contribution in [0.4, 0.5) is 5.95 Å². The molecule has 130 valence electrons. The van der Waals surface area contributed by atoms with Crippen LogP contribution in [0.15, 0.2) is 48.5 Å². The molecular formula is C20H19N5O. The van der Waals surface area contributed by atoms with E-state index in [1.807, 2.05) is 54.9 Å². The molecule has 6 heteroatoms. The van der Waals surface area contributed by atoms with E-state index in [4.69, 9.17) is 0 Å². The summed E-state index contributed by atoms with van der Waals surface area (Å²) in [5.41, 5.74) is 4.78. The number of carbonyl (C=O) groups excluding carboxylic acids is 1. The summed E-state index contributed by atoms with van der Waals surface area (Å²) in [4.78, 5) is 16.7. The molecule has 0 unspecified atom stereocenters. The third kappa shape index (κ3) is 3.01. The topological polar surface area (TPSA) is 72.7 Å². The summed E-state index contributed by atoms with van der Waals surface area (Å²) in [5.74, 6) is 0.114. The van der Waals surface area contributed by atoms with Crippen LogP contribution in [-0.2, 0) is 18.3 Å². The molecule has 0 radical (unpaired) electrons. The molecule has 0 bridgehead atoms. The Morgan fingerprint density at radius 2 is 1.92 bits per heavy atom. The first kappa shape index (κ1) is 16.2. The number of hydrogen-bond donors (Lipinski definition) is 1. The van der Waals surface area contributed by atoms with Gasteiger partial charge in [0.1, 0.15) is 5.52 Å². The van der Waals surface area contributed by atoms with Crippen LogP contribution in [0.25, 0.3) is 22.1 Å². The van der Waals surface area contributed by atoms with Crippen LogP contribution in [0.5, 0.6) is 0 Å². The summed E-state index contributed by atoms with van der Waals surface area (Å²) in [7, 11) is 1.94. The van der Waals surface area contributed by atoms with E-state index in [2.05, 4.69) is 32.6 Å². The third-order valence-corrected chi connectivity index (χ3v) is 4.49. The van der Waals surface area contributed by atoms with Crippen molar-refractivity contribution in [3.8, 4) is 0 Å². The lowest BCUT2D eigenvalue weighted by atomic mass is 10.1. The van der Waals surface area contributed by atoms with Crippen molar-refractivity contribution in [3.05, 3.63) is 59.7 Å². The minimum atomic E-state index is -0.121. The highest BCUT2D eigenvalue weighted by atomic mass is 16.1. The standard InChI is InChI=1S/C20H19N5O/c1-13-8-10-16-15(12-13)18-19(25(16)2)22-20(24-23-18)21-17(26)11-9-14-6-4-3-5-7-14/h3-8,10,12H,9,11H2,1-2H3,(H,21,22,24,26). The molecule has 2 aromatic heterocycles. The predicted octanol–water partition coefficient (Wildman–Crippen LogP) is 3.40. The SMILES string of the molecule is Cc1ccc2c(c1)c1nnc(NC(=O)CCc3ccccc3)nc1n2C. The Labute approximate surface area is 150 Å². The van der Waals surface area contributed by atoms with Crippen LogP contribution in [0.1, 0.15) is 17.5 Å². The minimum absolute atomic E-state index is 0.121. The van der Waals surface area contributed by atoms with Gasteiger partial charge in [-0.2, -0.15) is 4.98 Å². The Morgan fingerprint density at radius 3 is 2.73 bits per heavy atom. The number of fused-ring (bicyclic) bond motifs is 3. The summed E-state index contributed by atoms with van der Waals surface area (Å²) in [5, 5.41) is 12.2. The van der Waals surface area contributed by atoms with Crippen LogP contribution < -0.4 is 5.32 Å². The first-order chi connectivity index (χ1) is 12.6. The second-order valence-electron chi connectivity index (χ2n) is 6.42. The van der Waals surface area contributed by atoms with E-state index in [-0.39, 0.29) is 11.9 Å². The van der Waals surface area contributed by atoms with Crippen molar-refractivity contribution in [2.75, 3.05) is 5.32 Å². The smallest absolute Gasteiger partial charge is 0.251 e. The molecule has 1 amide bonds. The Hall–Kier alpha value is -3.28. The molecule has 0 aliphatic heterocycles. The molecule has 0 fully saturated rings. The largest absolute Gasteiger partial charge is 0.327 e. The molecule has 6 nitrogen and oxygen atoms in total. The summed E-state index contributed by atoms with van der Waals surface area (Å²) in [6, 6.07) is 16.1. The van der Waals surface area contributed by atoms with E-state index in [1.54, 1.807) is 0 Å². The first-order valence-electron chi connectivity index (χ1n) is 8.55. The minimum Gasteiger partial charge on any atom is -0.327 e. The van der Waals surface area contributed by atoms with Crippen molar-refractivity contribution in [1.29, 1.82) is 0 Å². The van der Waals surface area contributed by atoms with Gasteiger partial charge in [0.05, 0.1) is 5.52 Å². The zero-order chi connectivity index (χ0) is 18.1. The van der Waals surface area contributed by atoms with Gasteiger partial charge >= 0.3 is 0 Å². The zero-order valence-electron chi connectivity index (χ0n) is 14.7. The molecule has 4 aromatic rings. The van der Waals surface area contributed by atoms with Crippen molar-refractivity contribution in [3.63, 3.8) is 0 Å². The fourth-order valence-electron chi connectivity index (χ4n) is 3.11. The van der Waals surface area contributed by atoms with Gasteiger partial charge < -0.3 is 4.57 Å². The van der Waals surface area contributed by atoms with Crippen molar-refractivity contribution in [1.82, 2.24) is 19.7 Å². The van der Waals surface area contributed by atoms with Gasteiger partial charge in [-0.1, -0.05) is 42.0 Å². The summed E-state index contributed by atoms with van der Waals surface area (Å²) in [6.45, 7) is 2.04. The van der Waals surface area contributed by atoms with E-state index < -0.39 is 0 Å². The maximum absolute atomic E-state index is 12.2. The molecule has 4 rings (SSSR count). The van der Waals surface area contributed by atoms with Gasteiger partial charge in [0.15, 0.2) is 5.65 Å². The molecule has 2 aromatic carbocycles. The van der Waals surface area contributed by atoms with Crippen LogP contribution in [-0.4, -0.2) is 25.7 Å². The maximum Gasteiger partial charge on any atom is 0.251 e. The first-order valence-corrected chi connectivity index (χ1v) is 8.55. The van der Waals surface area contributed by atoms with Gasteiger partial charge in [-0.05, 0) is 31.0 Å². The average molecular weight is 345 g/mol. The Bertz CT molecular complexity index is 1100. The van der Waals surface area contributed by atoms with Gasteiger partial charge in [-0.3, -0.25) is 10.1 Å². The number of amides is 1. The van der Waals surface area contributed by atoms with Crippen molar-refractivity contribution in [2.45, 2.75) is 19.8 Å². The highest BCUT2D eigenvalue weighted by Crippen LogP contribution is 2.26. The quantitative estimate of drug-likeness (QED) is 0.615. The average Bonchev–Trinajstić information content (AvgIpc) is 2.92. The van der Waals surface area contributed by atoms with Gasteiger partial charge in [0.2, 0.25) is 5.91 Å². The molecule has 1 N–H and O–H groups in total. The number of aromatic nitrogens is 4. The molecule has 0 saturated heterocycles. The Morgan fingerprint density at radius 1 is 1.12 bits per heavy atom. The molecular weight excluding hydrogens is 326 g/mol. The number of aryl methyl sites for hydroxylation is 3. The molecule has 26 heavy (non-hydrogen) atoms. The van der Waals surface area contributed by atoms with E-state index in [0.717, 1.165) is 27.5 Å². The molecule has 0 saturated carbocycles. The number of rotatable bonds is 4. The second-order valence-corrected chi connectivity index (χ2v) is 6.42. The summed E-state index contributed by atoms with van der Waals surface area (Å²) < 4.78 is 1.97. The van der Waals surface area contributed by atoms with E-state index >= 15 is 0 Å². The molecule has 0 spiro atoms. The van der Waals surface area contributed by atoms with E-state index in [0.29, 0.717) is 18.5 Å². The monoisotopic (exact) mass is 345 g/mol. The lowest BCUT2D eigenvalue weighted by Gasteiger charge is -2.04. The highest BCUT2D eigenvalue weighted by Gasteiger charge is 2.14. The van der Waals surface area contributed by atoms with Crippen molar-refractivity contribution in [2.24, 2.45) is 7.05 Å². The second kappa shape index (κ2) is 6.55. The van der Waals surface area contributed by atoms with Gasteiger partial charge in [-0.25, -0.2) is 0 Å². The Kier molecular flexibility index (Phi) is 4.08.